The number of carbonyl (C=O) groups is 1. The van der Waals surface area contributed by atoms with Crippen molar-refractivity contribution in [3.63, 3.8) is 0 Å². The van der Waals surface area contributed by atoms with Crippen molar-refractivity contribution in [2.75, 3.05) is 32.7 Å². The first-order valence-electron chi connectivity index (χ1n) is 9.54. The third-order valence-corrected chi connectivity index (χ3v) is 4.49. The van der Waals surface area contributed by atoms with Crippen LogP contribution in [0.4, 0.5) is 0 Å². The number of aromatic nitrogens is 4. The molecule has 0 bridgehead atoms. The molecule has 0 saturated heterocycles. The van der Waals surface area contributed by atoms with Gasteiger partial charge in [-0.2, -0.15) is 4.98 Å². The van der Waals surface area contributed by atoms with E-state index in [-0.39, 0.29) is 12.3 Å². The number of aryl methyl sites for hydroxylation is 2. The van der Waals surface area contributed by atoms with Crippen LogP contribution in [-0.2, 0) is 11.2 Å². The summed E-state index contributed by atoms with van der Waals surface area (Å²) < 4.78 is 1.71. The first-order chi connectivity index (χ1) is 12.3. The Hall–Kier alpha value is -2.02. The van der Waals surface area contributed by atoms with E-state index in [2.05, 4.69) is 47.7 Å². The van der Waals surface area contributed by atoms with Crippen LogP contribution in [0, 0.1) is 19.8 Å². The van der Waals surface area contributed by atoms with Gasteiger partial charge < -0.3 is 9.80 Å². The second-order valence-electron chi connectivity index (χ2n) is 7.22. The average Bonchev–Trinajstić information content (AvgIpc) is 2.96. The van der Waals surface area contributed by atoms with Crippen molar-refractivity contribution in [2.24, 2.45) is 5.92 Å². The highest BCUT2D eigenvalue weighted by Crippen LogP contribution is 2.08. The fourth-order valence-electron chi connectivity index (χ4n) is 3.09. The second kappa shape index (κ2) is 9.07. The van der Waals surface area contributed by atoms with Crippen molar-refractivity contribution in [1.29, 1.82) is 0 Å². The van der Waals surface area contributed by atoms with E-state index in [4.69, 9.17) is 0 Å². The van der Waals surface area contributed by atoms with E-state index >= 15 is 0 Å². The van der Waals surface area contributed by atoms with Gasteiger partial charge in [0.05, 0.1) is 6.42 Å². The quantitative estimate of drug-likeness (QED) is 0.685. The molecule has 0 aromatic carbocycles. The molecule has 0 radical (unpaired) electrons. The van der Waals surface area contributed by atoms with E-state index in [1.54, 1.807) is 4.52 Å². The molecular formula is C19H32N6O. The predicted molar refractivity (Wildman–Crippen MR) is 103 cm³/mol. The first-order valence-corrected chi connectivity index (χ1v) is 9.54. The monoisotopic (exact) mass is 360 g/mol. The maximum Gasteiger partial charge on any atom is 0.252 e. The van der Waals surface area contributed by atoms with Gasteiger partial charge in [-0.3, -0.25) is 4.79 Å². The van der Waals surface area contributed by atoms with Gasteiger partial charge >= 0.3 is 0 Å². The lowest BCUT2D eigenvalue weighted by Gasteiger charge is -2.27. The normalized spacial score (nSPS) is 11.7. The Labute approximate surface area is 156 Å². The van der Waals surface area contributed by atoms with Crippen LogP contribution in [0.1, 0.15) is 44.9 Å². The minimum atomic E-state index is 0.0798. The SMILES string of the molecule is CCN(CC)CCN(CC(C)C)C(=O)Cc1nc2nc(C)cc(C)n2n1. The Balaban J connectivity index is 2.11. The molecule has 2 aromatic heterocycles. The summed E-state index contributed by atoms with van der Waals surface area (Å²) in [7, 11) is 0. The lowest BCUT2D eigenvalue weighted by atomic mass is 10.2. The van der Waals surface area contributed by atoms with Gasteiger partial charge in [0.1, 0.15) is 0 Å². The molecule has 2 aromatic rings. The molecule has 0 atom stereocenters. The Morgan fingerprint density at radius 1 is 1.15 bits per heavy atom. The molecular weight excluding hydrogens is 328 g/mol. The smallest absolute Gasteiger partial charge is 0.252 e. The minimum Gasteiger partial charge on any atom is -0.341 e. The van der Waals surface area contributed by atoms with Gasteiger partial charge in [-0.25, -0.2) is 9.50 Å². The number of fused-ring (bicyclic) bond motifs is 1. The summed E-state index contributed by atoms with van der Waals surface area (Å²) in [5.41, 5.74) is 1.88. The molecule has 2 heterocycles. The molecule has 0 fully saturated rings. The van der Waals surface area contributed by atoms with Crippen LogP contribution in [0.5, 0.6) is 0 Å². The molecule has 2 rings (SSSR count). The molecule has 1 amide bonds. The molecule has 7 nitrogen and oxygen atoms in total. The number of hydrogen-bond acceptors (Lipinski definition) is 5. The van der Waals surface area contributed by atoms with Crippen molar-refractivity contribution in [2.45, 2.75) is 48.0 Å². The summed E-state index contributed by atoms with van der Waals surface area (Å²) in [5, 5.41) is 4.47. The summed E-state index contributed by atoms with van der Waals surface area (Å²) in [4.78, 5) is 26.0. The topological polar surface area (TPSA) is 66.6 Å². The van der Waals surface area contributed by atoms with Crippen molar-refractivity contribution < 1.29 is 4.79 Å². The Bertz CT molecular complexity index is 735. The van der Waals surface area contributed by atoms with Crippen LogP contribution in [0.3, 0.4) is 0 Å². The van der Waals surface area contributed by atoms with Crippen LogP contribution < -0.4 is 0 Å². The molecule has 7 heteroatoms. The lowest BCUT2D eigenvalue weighted by molar-refractivity contribution is -0.131. The molecule has 0 saturated carbocycles. The van der Waals surface area contributed by atoms with E-state index in [1.807, 2.05) is 24.8 Å². The van der Waals surface area contributed by atoms with E-state index in [1.165, 1.54) is 0 Å². The Morgan fingerprint density at radius 3 is 2.46 bits per heavy atom. The fourth-order valence-corrected chi connectivity index (χ4v) is 3.09. The highest BCUT2D eigenvalue weighted by Gasteiger charge is 2.19. The zero-order valence-electron chi connectivity index (χ0n) is 17.0. The maximum absolute atomic E-state index is 12.9. The molecule has 26 heavy (non-hydrogen) atoms. The van der Waals surface area contributed by atoms with E-state index in [0.717, 1.165) is 44.1 Å². The van der Waals surface area contributed by atoms with Crippen LogP contribution in [0.25, 0.3) is 5.78 Å². The Morgan fingerprint density at radius 2 is 1.85 bits per heavy atom. The zero-order valence-corrected chi connectivity index (χ0v) is 17.0. The number of hydrogen-bond donors (Lipinski definition) is 0. The van der Waals surface area contributed by atoms with Crippen molar-refractivity contribution >= 4 is 11.7 Å². The standard InChI is InChI=1S/C19H32N6O/c1-7-23(8-2)9-10-24(13-14(3)4)18(26)12-17-21-19-20-15(5)11-16(6)25(19)22-17/h11,14H,7-10,12-13H2,1-6H3. The fraction of sp³-hybridized carbons (Fsp3) is 0.684. The number of rotatable bonds is 9. The summed E-state index contributed by atoms with van der Waals surface area (Å²) in [6.45, 7) is 16.9. The van der Waals surface area contributed by atoms with Gasteiger partial charge in [0.25, 0.3) is 5.78 Å². The molecule has 144 valence electrons. The maximum atomic E-state index is 12.9. The lowest BCUT2D eigenvalue weighted by Crippen LogP contribution is -2.41. The van der Waals surface area contributed by atoms with Crippen molar-refractivity contribution in [3.05, 3.63) is 23.3 Å². The highest BCUT2D eigenvalue weighted by molar-refractivity contribution is 5.78. The van der Waals surface area contributed by atoms with Gasteiger partial charge in [-0.05, 0) is 38.9 Å². The van der Waals surface area contributed by atoms with Gasteiger partial charge in [-0.15, -0.1) is 5.10 Å². The van der Waals surface area contributed by atoms with Crippen molar-refractivity contribution in [1.82, 2.24) is 29.4 Å². The van der Waals surface area contributed by atoms with Crippen LogP contribution in [0.2, 0.25) is 0 Å². The van der Waals surface area contributed by atoms with Gasteiger partial charge in [0.2, 0.25) is 5.91 Å². The first kappa shape index (κ1) is 20.3. The van der Waals surface area contributed by atoms with Crippen LogP contribution in [-0.4, -0.2) is 68.0 Å². The van der Waals surface area contributed by atoms with Crippen LogP contribution >= 0.6 is 0 Å². The third-order valence-electron chi connectivity index (χ3n) is 4.49. The Kier molecular flexibility index (Phi) is 7.08. The average molecular weight is 361 g/mol. The summed E-state index contributed by atoms with van der Waals surface area (Å²) in [5.74, 6) is 1.60. The number of nitrogens with zero attached hydrogens (tertiary/aromatic N) is 6. The molecule has 0 aliphatic heterocycles. The zero-order chi connectivity index (χ0) is 19.3. The number of likely N-dealkylation sites (N-methyl/N-ethyl adjacent to an activating group) is 1. The molecule has 0 aliphatic rings. The van der Waals surface area contributed by atoms with E-state index in [0.29, 0.717) is 17.5 Å². The minimum absolute atomic E-state index is 0.0798. The summed E-state index contributed by atoms with van der Waals surface area (Å²) in [6.07, 6.45) is 0.215. The van der Waals surface area contributed by atoms with Crippen molar-refractivity contribution in [3.8, 4) is 0 Å². The largest absolute Gasteiger partial charge is 0.341 e. The molecule has 0 aliphatic carbocycles. The van der Waals surface area contributed by atoms with Gasteiger partial charge in [-0.1, -0.05) is 27.7 Å². The third kappa shape index (κ3) is 5.24. The number of carbonyl (C=O) groups excluding carboxylic acids is 1. The highest BCUT2D eigenvalue weighted by atomic mass is 16.2. The predicted octanol–water partition coefficient (Wildman–Crippen LogP) is 2.11. The molecule has 0 N–H and O–H groups in total. The molecule has 0 unspecified atom stereocenters. The van der Waals surface area contributed by atoms with Gasteiger partial charge in [0, 0.05) is 31.0 Å². The molecule has 0 spiro atoms. The van der Waals surface area contributed by atoms with E-state index in [9.17, 15) is 4.79 Å². The summed E-state index contributed by atoms with van der Waals surface area (Å²) >= 11 is 0. The van der Waals surface area contributed by atoms with E-state index < -0.39 is 0 Å². The van der Waals surface area contributed by atoms with Crippen LogP contribution in [0.15, 0.2) is 6.07 Å². The second-order valence-corrected chi connectivity index (χ2v) is 7.22. The summed E-state index contributed by atoms with van der Waals surface area (Å²) in [6, 6.07) is 1.96. The van der Waals surface area contributed by atoms with Gasteiger partial charge in [0.15, 0.2) is 5.82 Å². The number of amides is 1.